The van der Waals surface area contributed by atoms with Crippen molar-refractivity contribution in [2.45, 2.75) is 6.92 Å². The number of hydrogen-bond acceptors (Lipinski definition) is 5. The van der Waals surface area contributed by atoms with Crippen molar-refractivity contribution in [2.24, 2.45) is 10.2 Å². The predicted molar refractivity (Wildman–Crippen MR) is 94.1 cm³/mol. The first kappa shape index (κ1) is 16.4. The minimum atomic E-state index is -1.04. The molecule has 25 heavy (non-hydrogen) atoms. The zero-order valence-electron chi connectivity index (χ0n) is 13.5. The molecule has 0 heterocycles. The molecule has 0 saturated heterocycles. The second-order valence-corrected chi connectivity index (χ2v) is 5.53. The van der Waals surface area contributed by atoms with Gasteiger partial charge in [0, 0.05) is 5.39 Å². The molecule has 126 valence electrons. The summed E-state index contributed by atoms with van der Waals surface area (Å²) in [5, 5.41) is 28.8. The number of carbonyl (C=O) groups is 1. The highest BCUT2D eigenvalue weighted by Gasteiger charge is 2.06. The SMILES string of the molecule is Cc1ccc2c(N=Nc3ccc(OCC(=O)O)cc3)c(O)ccc2c1. The first-order chi connectivity index (χ1) is 12.0. The zero-order chi connectivity index (χ0) is 17.8. The lowest BCUT2D eigenvalue weighted by Crippen LogP contribution is -2.09. The summed E-state index contributed by atoms with van der Waals surface area (Å²) in [5.41, 5.74) is 2.09. The maximum absolute atomic E-state index is 10.5. The summed E-state index contributed by atoms with van der Waals surface area (Å²) in [5.74, 6) is -0.545. The van der Waals surface area contributed by atoms with Gasteiger partial charge in [-0.05, 0) is 42.6 Å². The Hall–Kier alpha value is -3.41. The van der Waals surface area contributed by atoms with Gasteiger partial charge in [-0.2, -0.15) is 5.11 Å². The minimum Gasteiger partial charge on any atom is -0.506 e. The molecule has 0 fully saturated rings. The quantitative estimate of drug-likeness (QED) is 0.659. The number of rotatable bonds is 5. The van der Waals surface area contributed by atoms with Crippen molar-refractivity contribution in [3.63, 3.8) is 0 Å². The third-order valence-electron chi connectivity index (χ3n) is 3.59. The number of aromatic hydroxyl groups is 1. The molecule has 0 bridgehead atoms. The smallest absolute Gasteiger partial charge is 0.341 e. The lowest BCUT2D eigenvalue weighted by molar-refractivity contribution is -0.139. The Morgan fingerprint density at radius 2 is 1.80 bits per heavy atom. The van der Waals surface area contributed by atoms with Gasteiger partial charge in [0.2, 0.25) is 0 Å². The van der Waals surface area contributed by atoms with Gasteiger partial charge in [0.15, 0.2) is 6.61 Å². The Morgan fingerprint density at radius 3 is 2.52 bits per heavy atom. The summed E-state index contributed by atoms with van der Waals surface area (Å²) >= 11 is 0. The second kappa shape index (κ2) is 7.00. The van der Waals surface area contributed by atoms with Crippen LogP contribution in [0.3, 0.4) is 0 Å². The fourth-order valence-electron chi connectivity index (χ4n) is 2.39. The molecule has 6 nitrogen and oxygen atoms in total. The summed E-state index contributed by atoms with van der Waals surface area (Å²) in [6.45, 7) is 1.60. The van der Waals surface area contributed by atoms with E-state index < -0.39 is 12.6 Å². The highest BCUT2D eigenvalue weighted by molar-refractivity contribution is 5.95. The molecule has 2 N–H and O–H groups in total. The van der Waals surface area contributed by atoms with Gasteiger partial charge in [0.1, 0.15) is 17.2 Å². The van der Waals surface area contributed by atoms with Gasteiger partial charge in [-0.3, -0.25) is 0 Å². The third-order valence-corrected chi connectivity index (χ3v) is 3.59. The topological polar surface area (TPSA) is 91.5 Å². The summed E-state index contributed by atoms with van der Waals surface area (Å²) in [7, 11) is 0. The molecule has 0 saturated carbocycles. The van der Waals surface area contributed by atoms with Crippen LogP contribution in [0.2, 0.25) is 0 Å². The van der Waals surface area contributed by atoms with Crippen LogP contribution in [0.4, 0.5) is 11.4 Å². The van der Waals surface area contributed by atoms with Crippen LogP contribution in [-0.4, -0.2) is 22.8 Å². The monoisotopic (exact) mass is 336 g/mol. The Labute approximate surface area is 144 Å². The number of phenols is 1. The number of carboxylic acids is 1. The van der Waals surface area contributed by atoms with Gasteiger partial charge in [-0.25, -0.2) is 4.79 Å². The van der Waals surface area contributed by atoms with E-state index in [0.29, 0.717) is 17.1 Å². The molecule has 0 aliphatic heterocycles. The Kier molecular flexibility index (Phi) is 4.61. The first-order valence-electron chi connectivity index (χ1n) is 7.61. The van der Waals surface area contributed by atoms with Crippen molar-refractivity contribution in [1.82, 2.24) is 0 Å². The summed E-state index contributed by atoms with van der Waals surface area (Å²) in [6.07, 6.45) is 0. The molecule has 0 spiro atoms. The molecule has 3 rings (SSSR count). The predicted octanol–water partition coefficient (Wildman–Crippen LogP) is 4.73. The van der Waals surface area contributed by atoms with Crippen molar-refractivity contribution >= 4 is 28.1 Å². The first-order valence-corrected chi connectivity index (χ1v) is 7.61. The fraction of sp³-hybridized carbons (Fsp3) is 0.105. The van der Waals surface area contributed by atoms with E-state index in [1.54, 1.807) is 30.3 Å². The van der Waals surface area contributed by atoms with Gasteiger partial charge in [-0.1, -0.05) is 29.8 Å². The molecule has 0 aliphatic rings. The minimum absolute atomic E-state index is 0.0570. The highest BCUT2D eigenvalue weighted by atomic mass is 16.5. The molecular formula is C19H16N2O4. The van der Waals surface area contributed by atoms with E-state index in [4.69, 9.17) is 9.84 Å². The average molecular weight is 336 g/mol. The summed E-state index contributed by atoms with van der Waals surface area (Å²) < 4.78 is 5.06. The van der Waals surface area contributed by atoms with Gasteiger partial charge in [0.05, 0.1) is 5.69 Å². The lowest BCUT2D eigenvalue weighted by atomic mass is 10.1. The zero-order valence-corrected chi connectivity index (χ0v) is 13.5. The van der Waals surface area contributed by atoms with Crippen LogP contribution in [0, 0.1) is 6.92 Å². The van der Waals surface area contributed by atoms with Gasteiger partial charge < -0.3 is 14.9 Å². The number of carboxylic acid groups (broad SMARTS) is 1. The van der Waals surface area contributed by atoms with Gasteiger partial charge >= 0.3 is 5.97 Å². The van der Waals surface area contributed by atoms with Crippen molar-refractivity contribution in [1.29, 1.82) is 0 Å². The third kappa shape index (κ3) is 3.92. The summed E-state index contributed by atoms with van der Waals surface area (Å²) in [4.78, 5) is 10.5. The summed E-state index contributed by atoms with van der Waals surface area (Å²) in [6, 6.07) is 15.9. The van der Waals surface area contributed by atoms with E-state index in [0.717, 1.165) is 16.3 Å². The molecular weight excluding hydrogens is 320 g/mol. The van der Waals surface area contributed by atoms with Crippen LogP contribution < -0.4 is 4.74 Å². The van der Waals surface area contributed by atoms with E-state index in [1.807, 2.05) is 31.2 Å². The Bertz CT molecular complexity index is 950. The number of nitrogens with zero attached hydrogens (tertiary/aromatic N) is 2. The number of azo groups is 1. The maximum Gasteiger partial charge on any atom is 0.341 e. The molecule has 0 unspecified atom stereocenters. The van der Waals surface area contributed by atoms with Crippen molar-refractivity contribution in [3.05, 3.63) is 60.2 Å². The van der Waals surface area contributed by atoms with Crippen LogP contribution in [0.25, 0.3) is 10.8 Å². The number of aryl methyl sites for hydroxylation is 1. The standard InChI is InChI=1S/C19H16N2O4/c1-12-2-8-16-13(10-12)3-9-17(22)19(16)21-20-14-4-6-15(7-5-14)25-11-18(23)24/h2-10,22H,11H2,1H3,(H,23,24). The van der Waals surface area contributed by atoms with E-state index in [2.05, 4.69) is 10.2 Å². The molecule has 0 amide bonds. The molecule has 0 atom stereocenters. The van der Waals surface area contributed by atoms with Crippen LogP contribution in [0.15, 0.2) is 64.8 Å². The van der Waals surface area contributed by atoms with Crippen LogP contribution in [0.1, 0.15) is 5.56 Å². The number of benzene rings is 3. The van der Waals surface area contributed by atoms with Crippen molar-refractivity contribution in [3.8, 4) is 11.5 Å². The van der Waals surface area contributed by atoms with Gasteiger partial charge in [0.25, 0.3) is 0 Å². The highest BCUT2D eigenvalue weighted by Crippen LogP contribution is 2.36. The van der Waals surface area contributed by atoms with Crippen LogP contribution in [0.5, 0.6) is 11.5 Å². The van der Waals surface area contributed by atoms with Crippen LogP contribution >= 0.6 is 0 Å². The molecule has 0 radical (unpaired) electrons. The van der Waals surface area contributed by atoms with Crippen molar-refractivity contribution < 1.29 is 19.7 Å². The molecule has 0 aromatic heterocycles. The number of phenolic OH excluding ortho intramolecular Hbond substituents is 1. The molecule has 0 aliphatic carbocycles. The maximum atomic E-state index is 10.5. The number of ether oxygens (including phenoxy) is 1. The number of aliphatic carboxylic acids is 1. The fourth-order valence-corrected chi connectivity index (χ4v) is 2.39. The Morgan fingerprint density at radius 1 is 1.04 bits per heavy atom. The lowest BCUT2D eigenvalue weighted by Gasteiger charge is -2.05. The number of fused-ring (bicyclic) bond motifs is 1. The van der Waals surface area contributed by atoms with Crippen molar-refractivity contribution in [2.75, 3.05) is 6.61 Å². The average Bonchev–Trinajstić information content (AvgIpc) is 2.60. The van der Waals surface area contributed by atoms with E-state index >= 15 is 0 Å². The normalized spacial score (nSPS) is 11.1. The Balaban J connectivity index is 1.85. The second-order valence-electron chi connectivity index (χ2n) is 5.53. The van der Waals surface area contributed by atoms with E-state index in [9.17, 15) is 9.90 Å². The van der Waals surface area contributed by atoms with Gasteiger partial charge in [-0.15, -0.1) is 5.11 Å². The molecule has 3 aromatic rings. The number of hydrogen-bond donors (Lipinski definition) is 2. The van der Waals surface area contributed by atoms with E-state index in [-0.39, 0.29) is 5.75 Å². The molecule has 6 heteroatoms. The largest absolute Gasteiger partial charge is 0.506 e. The van der Waals surface area contributed by atoms with Crippen LogP contribution in [-0.2, 0) is 4.79 Å². The molecule has 3 aromatic carbocycles. The van der Waals surface area contributed by atoms with E-state index in [1.165, 1.54) is 0 Å².